The molecule has 0 radical (unpaired) electrons. The zero-order valence-corrected chi connectivity index (χ0v) is 12.9. The second-order valence-electron chi connectivity index (χ2n) is 4.54. The summed E-state index contributed by atoms with van der Waals surface area (Å²) >= 11 is 0. The fraction of sp³-hybridized carbons (Fsp3) is 0.375. The maximum Gasteiger partial charge on any atom is 0.335 e. The Hall–Kier alpha value is -1.81. The van der Waals surface area contributed by atoms with Crippen molar-refractivity contribution in [3.63, 3.8) is 0 Å². The van der Waals surface area contributed by atoms with Crippen LogP contribution in [0.25, 0.3) is 0 Å². The van der Waals surface area contributed by atoms with Crippen LogP contribution in [-0.2, 0) is 4.79 Å². The van der Waals surface area contributed by atoms with Crippen molar-refractivity contribution in [3.05, 3.63) is 42.5 Å². The van der Waals surface area contributed by atoms with Crippen LogP contribution in [0.15, 0.2) is 36.9 Å². The molecule has 0 aliphatic rings. The summed E-state index contributed by atoms with van der Waals surface area (Å²) in [4.78, 5) is 22.5. The van der Waals surface area contributed by atoms with Crippen molar-refractivity contribution >= 4 is 24.2 Å². The fourth-order valence-corrected chi connectivity index (χ4v) is 1.81. The summed E-state index contributed by atoms with van der Waals surface area (Å²) in [7, 11) is 0. The third-order valence-corrected chi connectivity index (χ3v) is 2.97. The number of carboxylic acid groups (broad SMARTS) is 1. The molecule has 0 bridgehead atoms. The minimum Gasteiger partial charge on any atom is -0.482 e. The van der Waals surface area contributed by atoms with Crippen molar-refractivity contribution in [2.75, 3.05) is 0 Å². The van der Waals surface area contributed by atoms with E-state index < -0.39 is 12.1 Å². The predicted molar refractivity (Wildman–Crippen MR) is 84.4 cm³/mol. The van der Waals surface area contributed by atoms with Gasteiger partial charge < -0.3 is 9.84 Å². The molecule has 4 nitrogen and oxygen atoms in total. The number of hydrogen-bond acceptors (Lipinski definition) is 3. The van der Waals surface area contributed by atoms with Gasteiger partial charge in [0.1, 0.15) is 5.75 Å². The van der Waals surface area contributed by atoms with E-state index in [-0.39, 0.29) is 23.8 Å². The van der Waals surface area contributed by atoms with Crippen molar-refractivity contribution in [3.8, 4) is 5.75 Å². The Morgan fingerprint density at radius 1 is 1.29 bits per heavy atom. The first kappa shape index (κ1) is 19.2. The van der Waals surface area contributed by atoms with E-state index >= 15 is 0 Å². The third-order valence-electron chi connectivity index (χ3n) is 2.97. The van der Waals surface area contributed by atoms with E-state index in [2.05, 4.69) is 13.5 Å². The van der Waals surface area contributed by atoms with Gasteiger partial charge in [-0.3, -0.25) is 4.79 Å². The van der Waals surface area contributed by atoms with Gasteiger partial charge in [0.15, 0.2) is 11.9 Å². The molecule has 1 N–H and O–H groups in total. The van der Waals surface area contributed by atoms with Gasteiger partial charge in [-0.15, -0.1) is 12.4 Å². The number of carbonyl (C=O) groups is 2. The van der Waals surface area contributed by atoms with Crippen LogP contribution in [0.2, 0.25) is 0 Å². The van der Waals surface area contributed by atoms with Crippen LogP contribution >= 0.6 is 12.4 Å². The highest BCUT2D eigenvalue weighted by molar-refractivity contribution is 5.93. The molecule has 1 atom stereocenters. The SMILES string of the molecule is C=CC(=O)C(CCCCC)Oc1ccc(C(=O)O)cc1.Cl. The van der Waals surface area contributed by atoms with E-state index in [1.807, 2.05) is 0 Å². The molecule has 116 valence electrons. The summed E-state index contributed by atoms with van der Waals surface area (Å²) in [6.45, 7) is 5.57. The predicted octanol–water partition coefficient (Wildman–Crippen LogP) is 3.89. The normalized spacial score (nSPS) is 11.1. The molecular formula is C16H21ClO4. The zero-order valence-electron chi connectivity index (χ0n) is 12.1. The number of unbranched alkanes of at least 4 members (excludes halogenated alkanes) is 2. The maximum atomic E-state index is 11.7. The number of carboxylic acids is 1. The van der Waals surface area contributed by atoms with Crippen LogP contribution in [0, 0.1) is 0 Å². The van der Waals surface area contributed by atoms with Gasteiger partial charge in [0.2, 0.25) is 0 Å². The molecule has 0 saturated heterocycles. The summed E-state index contributed by atoms with van der Waals surface area (Å²) in [5.74, 6) is -0.645. The molecular weight excluding hydrogens is 292 g/mol. The quantitative estimate of drug-likeness (QED) is 0.555. The lowest BCUT2D eigenvalue weighted by Crippen LogP contribution is -2.25. The minimum atomic E-state index is -0.988. The van der Waals surface area contributed by atoms with Gasteiger partial charge in [0.25, 0.3) is 0 Å². The van der Waals surface area contributed by atoms with Crippen LogP contribution in [-0.4, -0.2) is 23.0 Å². The van der Waals surface area contributed by atoms with Crippen LogP contribution in [0.3, 0.4) is 0 Å². The third kappa shape index (κ3) is 6.45. The smallest absolute Gasteiger partial charge is 0.335 e. The highest BCUT2D eigenvalue weighted by atomic mass is 35.5. The lowest BCUT2D eigenvalue weighted by Gasteiger charge is -2.16. The van der Waals surface area contributed by atoms with Crippen LogP contribution in [0.4, 0.5) is 0 Å². The second-order valence-corrected chi connectivity index (χ2v) is 4.54. The number of rotatable bonds is 9. The molecule has 0 amide bonds. The Balaban J connectivity index is 0.00000400. The Bertz CT molecular complexity index is 468. The summed E-state index contributed by atoms with van der Waals surface area (Å²) in [6.07, 6.45) is 4.38. The number of ether oxygens (including phenoxy) is 1. The molecule has 1 aromatic rings. The van der Waals surface area contributed by atoms with E-state index in [0.29, 0.717) is 12.2 Å². The van der Waals surface area contributed by atoms with E-state index in [4.69, 9.17) is 9.84 Å². The monoisotopic (exact) mass is 312 g/mol. The summed E-state index contributed by atoms with van der Waals surface area (Å²) in [5, 5.41) is 8.82. The molecule has 5 heteroatoms. The first-order valence-corrected chi connectivity index (χ1v) is 6.74. The molecule has 1 aromatic carbocycles. The summed E-state index contributed by atoms with van der Waals surface area (Å²) in [5.41, 5.74) is 0.190. The van der Waals surface area contributed by atoms with Gasteiger partial charge in [-0.25, -0.2) is 4.79 Å². The number of ketones is 1. The van der Waals surface area contributed by atoms with Crippen LogP contribution < -0.4 is 4.74 Å². The number of halogens is 1. The van der Waals surface area contributed by atoms with Crippen molar-refractivity contribution in [1.82, 2.24) is 0 Å². The Morgan fingerprint density at radius 2 is 1.90 bits per heavy atom. The first-order chi connectivity index (χ1) is 9.58. The number of carbonyl (C=O) groups excluding carboxylic acids is 1. The molecule has 0 aromatic heterocycles. The molecule has 0 aliphatic heterocycles. The highest BCUT2D eigenvalue weighted by Gasteiger charge is 2.17. The van der Waals surface area contributed by atoms with E-state index in [9.17, 15) is 9.59 Å². The second kappa shape index (κ2) is 10.00. The lowest BCUT2D eigenvalue weighted by molar-refractivity contribution is -0.121. The highest BCUT2D eigenvalue weighted by Crippen LogP contribution is 2.17. The molecule has 1 unspecified atom stereocenters. The van der Waals surface area contributed by atoms with Gasteiger partial charge in [0, 0.05) is 0 Å². The van der Waals surface area contributed by atoms with Gasteiger partial charge in [-0.1, -0.05) is 26.3 Å². The molecule has 0 fully saturated rings. The molecule has 0 saturated carbocycles. The maximum absolute atomic E-state index is 11.7. The lowest BCUT2D eigenvalue weighted by atomic mass is 10.1. The number of benzene rings is 1. The van der Waals surface area contributed by atoms with Gasteiger partial charge in [-0.05, 0) is 43.2 Å². The Labute approximate surface area is 131 Å². The van der Waals surface area contributed by atoms with Crippen LogP contribution in [0.5, 0.6) is 5.75 Å². The van der Waals surface area contributed by atoms with Crippen LogP contribution in [0.1, 0.15) is 43.0 Å². The van der Waals surface area contributed by atoms with Gasteiger partial charge in [-0.2, -0.15) is 0 Å². The standard InChI is InChI=1S/C16H20O4.ClH/c1-3-5-6-7-15(14(17)4-2)20-13-10-8-12(9-11-13)16(18)19;/h4,8-11,15H,2-3,5-7H2,1H3,(H,18,19);1H. The number of hydrogen-bond donors (Lipinski definition) is 1. The van der Waals surface area contributed by atoms with Crippen molar-refractivity contribution < 1.29 is 19.4 Å². The molecule has 0 heterocycles. The van der Waals surface area contributed by atoms with E-state index in [0.717, 1.165) is 19.3 Å². The van der Waals surface area contributed by atoms with Crippen molar-refractivity contribution in [1.29, 1.82) is 0 Å². The first-order valence-electron chi connectivity index (χ1n) is 6.74. The Kier molecular flexibility index (Phi) is 9.13. The largest absolute Gasteiger partial charge is 0.482 e. The van der Waals surface area contributed by atoms with Crippen molar-refractivity contribution in [2.45, 2.75) is 38.7 Å². The molecule has 0 spiro atoms. The van der Waals surface area contributed by atoms with Gasteiger partial charge >= 0.3 is 5.97 Å². The molecule has 1 rings (SSSR count). The zero-order chi connectivity index (χ0) is 15.0. The average molecular weight is 313 g/mol. The van der Waals surface area contributed by atoms with E-state index in [1.54, 1.807) is 12.1 Å². The topological polar surface area (TPSA) is 63.6 Å². The van der Waals surface area contributed by atoms with Gasteiger partial charge in [0.05, 0.1) is 5.56 Å². The fourth-order valence-electron chi connectivity index (χ4n) is 1.81. The van der Waals surface area contributed by atoms with E-state index in [1.165, 1.54) is 18.2 Å². The molecule has 21 heavy (non-hydrogen) atoms. The van der Waals surface area contributed by atoms with Crippen molar-refractivity contribution in [2.24, 2.45) is 0 Å². The Morgan fingerprint density at radius 3 is 2.38 bits per heavy atom. The molecule has 0 aliphatic carbocycles. The minimum absolute atomic E-state index is 0. The summed E-state index contributed by atoms with van der Waals surface area (Å²) < 4.78 is 5.63. The summed E-state index contributed by atoms with van der Waals surface area (Å²) in [6, 6.07) is 6.04. The average Bonchev–Trinajstić information content (AvgIpc) is 2.46. The number of aromatic carboxylic acids is 1.